The molecule has 0 aliphatic carbocycles. The highest BCUT2D eigenvalue weighted by atomic mass is 32.2. The number of allylic oxidation sites excluding steroid dienone is 1. The number of hydrogen-bond donors (Lipinski definition) is 1. The number of rotatable bonds is 5. The van der Waals surface area contributed by atoms with E-state index in [0.29, 0.717) is 22.8 Å². The number of benzene rings is 1. The SMILES string of the molecule is COc1cc(C=CC2=NNC(=O)CC2C)cc(S(C)=O)c1OC. The number of amides is 1. The van der Waals surface area contributed by atoms with Gasteiger partial charge in [-0.25, -0.2) is 5.43 Å². The van der Waals surface area contributed by atoms with E-state index in [9.17, 15) is 9.00 Å². The van der Waals surface area contributed by atoms with Gasteiger partial charge in [0.05, 0.1) is 35.6 Å². The number of nitrogens with zero attached hydrogens (tertiary/aromatic N) is 1. The molecule has 1 N–H and O–H groups in total. The highest BCUT2D eigenvalue weighted by Gasteiger charge is 2.18. The Labute approximate surface area is 138 Å². The van der Waals surface area contributed by atoms with E-state index in [1.54, 1.807) is 18.4 Å². The van der Waals surface area contributed by atoms with Gasteiger partial charge in [-0.3, -0.25) is 9.00 Å². The van der Waals surface area contributed by atoms with Crippen LogP contribution in [0.1, 0.15) is 18.9 Å². The molecule has 0 spiro atoms. The standard InChI is InChI=1S/C16H20N2O4S/c1-10-7-15(19)18-17-12(10)6-5-11-8-13(21-2)16(22-3)14(9-11)23(4)20/h5-6,8-10H,7H2,1-4H3,(H,18,19). The Hall–Kier alpha value is -2.15. The van der Waals surface area contributed by atoms with Crippen molar-refractivity contribution >= 4 is 28.5 Å². The van der Waals surface area contributed by atoms with Crippen molar-refractivity contribution in [2.75, 3.05) is 20.5 Å². The second-order valence-corrected chi connectivity index (χ2v) is 6.57. The van der Waals surface area contributed by atoms with E-state index in [0.717, 1.165) is 11.3 Å². The van der Waals surface area contributed by atoms with Gasteiger partial charge in [-0.15, -0.1) is 0 Å². The van der Waals surface area contributed by atoms with Crippen LogP contribution in [-0.4, -0.2) is 36.3 Å². The fraction of sp³-hybridized carbons (Fsp3) is 0.375. The van der Waals surface area contributed by atoms with Gasteiger partial charge in [0, 0.05) is 18.6 Å². The summed E-state index contributed by atoms with van der Waals surface area (Å²) in [5.41, 5.74) is 4.08. The van der Waals surface area contributed by atoms with Crippen LogP contribution < -0.4 is 14.9 Å². The third-order valence-electron chi connectivity index (χ3n) is 3.53. The highest BCUT2D eigenvalue weighted by Crippen LogP contribution is 2.35. The van der Waals surface area contributed by atoms with Crippen LogP contribution in [0.15, 0.2) is 28.2 Å². The minimum atomic E-state index is -1.21. The predicted molar refractivity (Wildman–Crippen MR) is 90.3 cm³/mol. The number of nitrogens with one attached hydrogen (secondary N) is 1. The highest BCUT2D eigenvalue weighted by molar-refractivity contribution is 7.84. The lowest BCUT2D eigenvalue weighted by atomic mass is 9.99. The smallest absolute Gasteiger partial charge is 0.240 e. The van der Waals surface area contributed by atoms with Crippen molar-refractivity contribution < 1.29 is 18.5 Å². The molecule has 1 aromatic rings. The molecule has 6 nitrogen and oxygen atoms in total. The fourth-order valence-corrected chi connectivity index (χ4v) is 3.06. The summed E-state index contributed by atoms with van der Waals surface area (Å²) in [4.78, 5) is 11.8. The number of hydrogen-bond acceptors (Lipinski definition) is 5. The molecule has 1 aromatic carbocycles. The monoisotopic (exact) mass is 336 g/mol. The Morgan fingerprint density at radius 1 is 1.30 bits per heavy atom. The van der Waals surface area contributed by atoms with Crippen LogP contribution >= 0.6 is 0 Å². The van der Waals surface area contributed by atoms with Crippen molar-refractivity contribution in [3.8, 4) is 11.5 Å². The van der Waals surface area contributed by atoms with Crippen LogP contribution in [0.5, 0.6) is 11.5 Å². The Kier molecular flexibility index (Phi) is 5.54. The molecule has 2 unspecified atom stereocenters. The van der Waals surface area contributed by atoms with Crippen LogP contribution in [0, 0.1) is 5.92 Å². The zero-order chi connectivity index (χ0) is 17.0. The molecule has 0 aromatic heterocycles. The Morgan fingerprint density at radius 3 is 2.61 bits per heavy atom. The molecular weight excluding hydrogens is 316 g/mol. The summed E-state index contributed by atoms with van der Waals surface area (Å²) in [6, 6.07) is 3.60. The first-order chi connectivity index (χ1) is 11.0. The summed E-state index contributed by atoms with van der Waals surface area (Å²) in [7, 11) is 1.85. The maximum Gasteiger partial charge on any atom is 0.240 e. The summed E-state index contributed by atoms with van der Waals surface area (Å²) in [5.74, 6) is 0.970. The Bertz CT molecular complexity index is 698. The molecule has 1 amide bonds. The first-order valence-electron chi connectivity index (χ1n) is 7.10. The second-order valence-electron chi connectivity index (χ2n) is 5.22. The minimum absolute atomic E-state index is 0.0555. The van der Waals surface area contributed by atoms with E-state index in [1.807, 2.05) is 19.1 Å². The normalized spacial score (nSPS) is 19.2. The summed E-state index contributed by atoms with van der Waals surface area (Å²) >= 11 is 0. The van der Waals surface area contributed by atoms with Gasteiger partial charge in [-0.2, -0.15) is 5.10 Å². The first-order valence-corrected chi connectivity index (χ1v) is 8.66. The Morgan fingerprint density at radius 2 is 2.04 bits per heavy atom. The first kappa shape index (κ1) is 17.2. The number of methoxy groups -OCH3 is 2. The molecule has 0 saturated carbocycles. The van der Waals surface area contributed by atoms with Gasteiger partial charge in [-0.05, 0) is 23.8 Å². The van der Waals surface area contributed by atoms with E-state index in [-0.39, 0.29) is 11.8 Å². The Balaban J connectivity index is 2.36. The maximum atomic E-state index is 11.9. The molecule has 23 heavy (non-hydrogen) atoms. The van der Waals surface area contributed by atoms with Crippen molar-refractivity contribution in [1.29, 1.82) is 0 Å². The molecular formula is C16H20N2O4S. The molecule has 0 fully saturated rings. The third-order valence-corrected chi connectivity index (χ3v) is 4.45. The van der Waals surface area contributed by atoms with E-state index in [1.165, 1.54) is 14.2 Å². The van der Waals surface area contributed by atoms with Crippen molar-refractivity contribution in [2.45, 2.75) is 18.2 Å². The van der Waals surface area contributed by atoms with E-state index < -0.39 is 10.8 Å². The van der Waals surface area contributed by atoms with Crippen LogP contribution in [0.3, 0.4) is 0 Å². The number of hydrazone groups is 1. The molecule has 7 heteroatoms. The van der Waals surface area contributed by atoms with Crippen molar-refractivity contribution in [3.63, 3.8) is 0 Å². The molecule has 0 radical (unpaired) electrons. The van der Waals surface area contributed by atoms with Crippen molar-refractivity contribution in [3.05, 3.63) is 23.8 Å². The van der Waals surface area contributed by atoms with Gasteiger partial charge in [0.2, 0.25) is 5.91 Å². The molecule has 2 rings (SSSR count). The lowest BCUT2D eigenvalue weighted by Crippen LogP contribution is -2.30. The maximum absolute atomic E-state index is 11.9. The fourth-order valence-electron chi connectivity index (χ4n) is 2.31. The molecule has 2 atom stereocenters. The average molecular weight is 336 g/mol. The van der Waals surface area contributed by atoms with Gasteiger partial charge >= 0.3 is 0 Å². The van der Waals surface area contributed by atoms with Crippen LogP contribution in [0.25, 0.3) is 6.08 Å². The van der Waals surface area contributed by atoms with Crippen LogP contribution in [-0.2, 0) is 15.6 Å². The van der Waals surface area contributed by atoms with Crippen molar-refractivity contribution in [2.24, 2.45) is 11.0 Å². The van der Waals surface area contributed by atoms with Gasteiger partial charge < -0.3 is 9.47 Å². The summed E-state index contributed by atoms with van der Waals surface area (Å²) < 4.78 is 22.5. The molecule has 124 valence electrons. The van der Waals surface area contributed by atoms with E-state index in [2.05, 4.69) is 10.5 Å². The van der Waals surface area contributed by atoms with Gasteiger partial charge in [0.1, 0.15) is 0 Å². The minimum Gasteiger partial charge on any atom is -0.493 e. The van der Waals surface area contributed by atoms with Crippen molar-refractivity contribution in [1.82, 2.24) is 5.43 Å². The molecule has 1 aliphatic rings. The lowest BCUT2D eigenvalue weighted by Gasteiger charge is -2.16. The third kappa shape index (κ3) is 3.98. The zero-order valence-corrected chi connectivity index (χ0v) is 14.4. The second kappa shape index (κ2) is 7.41. The number of carbonyl (C=O) groups excluding carboxylic acids is 1. The quantitative estimate of drug-likeness (QED) is 0.892. The van der Waals surface area contributed by atoms with Gasteiger partial charge in [0.15, 0.2) is 11.5 Å². The summed E-state index contributed by atoms with van der Waals surface area (Å²) in [6.45, 7) is 1.95. The topological polar surface area (TPSA) is 77.0 Å². The number of carbonyl (C=O) groups is 1. The predicted octanol–water partition coefficient (Wildman–Crippen LogP) is 1.97. The van der Waals surface area contributed by atoms with Gasteiger partial charge in [0.25, 0.3) is 0 Å². The van der Waals surface area contributed by atoms with Crippen LogP contribution in [0.4, 0.5) is 0 Å². The molecule has 0 saturated heterocycles. The summed E-state index contributed by atoms with van der Waals surface area (Å²) in [6.07, 6.45) is 5.70. The average Bonchev–Trinajstić information content (AvgIpc) is 2.52. The van der Waals surface area contributed by atoms with E-state index >= 15 is 0 Å². The molecule has 1 heterocycles. The van der Waals surface area contributed by atoms with Crippen LogP contribution in [0.2, 0.25) is 0 Å². The van der Waals surface area contributed by atoms with Gasteiger partial charge in [-0.1, -0.05) is 13.0 Å². The number of ether oxygens (including phenoxy) is 2. The summed E-state index contributed by atoms with van der Waals surface area (Å²) in [5, 5.41) is 4.05. The largest absolute Gasteiger partial charge is 0.493 e. The molecule has 0 bridgehead atoms. The van der Waals surface area contributed by atoms with E-state index in [4.69, 9.17) is 9.47 Å². The molecule has 1 aliphatic heterocycles. The lowest BCUT2D eigenvalue weighted by molar-refractivity contribution is -0.121. The zero-order valence-electron chi connectivity index (χ0n) is 13.6.